The van der Waals surface area contributed by atoms with E-state index >= 15 is 0 Å². The first-order chi connectivity index (χ1) is 14.6. The van der Waals surface area contributed by atoms with E-state index in [1.807, 2.05) is 0 Å². The van der Waals surface area contributed by atoms with Gasteiger partial charge in [0.15, 0.2) is 0 Å². The topological polar surface area (TPSA) is 142 Å². The molecule has 0 aliphatic rings. The normalized spacial score (nSPS) is 16.0. The standard InChI is InChI=1S/C18H40O11P2/c1-17(2)30(19,20)28-15-13-26-11-9-24-7-5-23-6-8-25-10-12-27-14-16-29-31(21,22)18(3)4/h17-18H,5-16H2,1-4H3,(H,19,20)(H,21,22)/p-1. The zero-order valence-electron chi connectivity index (χ0n) is 19.1. The SMILES string of the molecule is CC(C)P(=O)([O-])OCCOCCOCCOCCOCCOCCOP(=O)(O)C(C)C. The van der Waals surface area contributed by atoms with Gasteiger partial charge in [-0.25, -0.2) is 0 Å². The largest absolute Gasteiger partial charge is 0.778 e. The van der Waals surface area contributed by atoms with E-state index in [0.717, 1.165) is 0 Å². The van der Waals surface area contributed by atoms with Crippen molar-refractivity contribution in [1.29, 1.82) is 0 Å². The maximum absolute atomic E-state index is 11.5. The Morgan fingerprint density at radius 2 is 0.871 bits per heavy atom. The fraction of sp³-hybridized carbons (Fsp3) is 1.00. The fourth-order valence-corrected chi connectivity index (χ4v) is 2.99. The molecule has 13 heteroatoms. The van der Waals surface area contributed by atoms with Crippen LogP contribution in [0.15, 0.2) is 0 Å². The molecule has 0 radical (unpaired) electrons. The summed E-state index contributed by atoms with van der Waals surface area (Å²) < 4.78 is 59.2. The molecule has 0 aromatic carbocycles. The molecule has 31 heavy (non-hydrogen) atoms. The van der Waals surface area contributed by atoms with Crippen LogP contribution >= 0.6 is 15.2 Å². The van der Waals surface area contributed by atoms with Gasteiger partial charge in [0.2, 0.25) is 0 Å². The monoisotopic (exact) mass is 493 g/mol. The van der Waals surface area contributed by atoms with Gasteiger partial charge in [0.05, 0.1) is 84.9 Å². The molecule has 2 unspecified atom stereocenters. The first-order valence-electron chi connectivity index (χ1n) is 10.4. The van der Waals surface area contributed by atoms with E-state index in [1.165, 1.54) is 0 Å². The summed E-state index contributed by atoms with van der Waals surface area (Å²) in [5.74, 6) is 0. The molecule has 11 nitrogen and oxygen atoms in total. The van der Waals surface area contributed by atoms with Crippen molar-refractivity contribution in [2.45, 2.75) is 39.0 Å². The average molecular weight is 493 g/mol. The Morgan fingerprint density at radius 3 is 1.16 bits per heavy atom. The molecule has 0 aromatic rings. The van der Waals surface area contributed by atoms with Gasteiger partial charge in [-0.1, -0.05) is 27.7 Å². The molecule has 0 aliphatic carbocycles. The molecule has 0 amide bonds. The summed E-state index contributed by atoms with van der Waals surface area (Å²) in [5.41, 5.74) is -0.975. The van der Waals surface area contributed by atoms with Crippen LogP contribution in [-0.4, -0.2) is 95.5 Å². The van der Waals surface area contributed by atoms with Crippen LogP contribution in [0.3, 0.4) is 0 Å². The van der Waals surface area contributed by atoms with Crippen LogP contribution in [0.1, 0.15) is 27.7 Å². The third-order valence-electron chi connectivity index (χ3n) is 3.78. The molecule has 0 fully saturated rings. The summed E-state index contributed by atoms with van der Waals surface area (Å²) >= 11 is 0. The smallest absolute Gasteiger partial charge is 0.330 e. The maximum atomic E-state index is 11.5. The molecule has 0 spiro atoms. The van der Waals surface area contributed by atoms with Crippen LogP contribution in [0, 0.1) is 0 Å². The molecule has 0 saturated heterocycles. The van der Waals surface area contributed by atoms with E-state index < -0.39 is 26.5 Å². The summed E-state index contributed by atoms with van der Waals surface area (Å²) in [6, 6.07) is 0. The predicted octanol–water partition coefficient (Wildman–Crippen LogP) is 1.66. The lowest BCUT2D eigenvalue weighted by Gasteiger charge is -2.26. The molecular formula is C18H39O11P2-. The van der Waals surface area contributed by atoms with Gasteiger partial charge in [0, 0.05) is 5.66 Å². The summed E-state index contributed by atoms with van der Waals surface area (Å²) in [7, 11) is -7.32. The Morgan fingerprint density at radius 1 is 0.581 bits per heavy atom. The van der Waals surface area contributed by atoms with Gasteiger partial charge >= 0.3 is 7.60 Å². The predicted molar refractivity (Wildman–Crippen MR) is 114 cm³/mol. The quantitative estimate of drug-likeness (QED) is 0.174. The summed E-state index contributed by atoms with van der Waals surface area (Å²) in [5, 5.41) is 0. The summed E-state index contributed by atoms with van der Waals surface area (Å²) in [6.07, 6.45) is 0. The molecule has 0 bridgehead atoms. The van der Waals surface area contributed by atoms with Gasteiger partial charge in [-0.2, -0.15) is 0 Å². The van der Waals surface area contributed by atoms with Crippen molar-refractivity contribution >= 4 is 15.2 Å². The lowest BCUT2D eigenvalue weighted by Crippen LogP contribution is -2.17. The molecule has 0 aromatic heterocycles. The van der Waals surface area contributed by atoms with Crippen molar-refractivity contribution in [3.05, 3.63) is 0 Å². The molecule has 0 heterocycles. The molecule has 1 N–H and O–H groups in total. The van der Waals surface area contributed by atoms with Gasteiger partial charge in [-0.3, -0.25) is 4.57 Å². The average Bonchev–Trinajstić information content (AvgIpc) is 2.69. The number of hydrogen-bond donors (Lipinski definition) is 1. The van der Waals surface area contributed by atoms with Gasteiger partial charge < -0.3 is 47.1 Å². The van der Waals surface area contributed by atoms with Crippen molar-refractivity contribution in [2.75, 3.05) is 79.3 Å². The number of ether oxygens (including phenoxy) is 5. The second-order valence-electron chi connectivity index (χ2n) is 7.02. The van der Waals surface area contributed by atoms with E-state index in [1.54, 1.807) is 27.7 Å². The first-order valence-corrected chi connectivity index (χ1v) is 13.7. The lowest BCUT2D eigenvalue weighted by molar-refractivity contribution is -0.201. The van der Waals surface area contributed by atoms with Crippen LogP contribution in [0.4, 0.5) is 0 Å². The highest BCUT2D eigenvalue weighted by Crippen LogP contribution is 2.46. The van der Waals surface area contributed by atoms with E-state index in [2.05, 4.69) is 0 Å². The van der Waals surface area contributed by atoms with Gasteiger partial charge in [-0.15, -0.1) is 0 Å². The van der Waals surface area contributed by atoms with Crippen LogP contribution < -0.4 is 4.89 Å². The van der Waals surface area contributed by atoms with Crippen LogP contribution in [0.25, 0.3) is 0 Å². The Bertz CT molecular complexity index is 473. The van der Waals surface area contributed by atoms with Crippen molar-refractivity contribution < 1.29 is 51.6 Å². The minimum Gasteiger partial charge on any atom is -0.778 e. The first kappa shape index (κ1) is 31.1. The van der Waals surface area contributed by atoms with Crippen LogP contribution in [0.2, 0.25) is 0 Å². The fourth-order valence-electron chi connectivity index (χ4n) is 1.73. The maximum Gasteiger partial charge on any atom is 0.330 e. The molecule has 2 atom stereocenters. The highest BCUT2D eigenvalue weighted by atomic mass is 31.2. The zero-order valence-corrected chi connectivity index (χ0v) is 20.9. The molecule has 188 valence electrons. The van der Waals surface area contributed by atoms with Gasteiger partial charge in [0.25, 0.3) is 0 Å². The second-order valence-corrected chi connectivity index (χ2v) is 11.8. The van der Waals surface area contributed by atoms with Gasteiger partial charge in [0.1, 0.15) is 7.60 Å². The van der Waals surface area contributed by atoms with E-state index in [0.29, 0.717) is 52.9 Å². The van der Waals surface area contributed by atoms with Crippen molar-refractivity contribution in [3.63, 3.8) is 0 Å². The van der Waals surface area contributed by atoms with Gasteiger partial charge in [-0.05, 0) is 0 Å². The molecule has 0 rings (SSSR count). The minimum absolute atomic E-state index is 0.00373. The highest BCUT2D eigenvalue weighted by molar-refractivity contribution is 7.53. The van der Waals surface area contributed by atoms with Crippen molar-refractivity contribution in [2.24, 2.45) is 0 Å². The molecule has 0 saturated carbocycles. The summed E-state index contributed by atoms with van der Waals surface area (Å²) in [6.45, 7) is 10.0. The van der Waals surface area contributed by atoms with Crippen molar-refractivity contribution in [1.82, 2.24) is 0 Å². The van der Waals surface area contributed by atoms with Crippen LogP contribution in [0.5, 0.6) is 0 Å². The van der Waals surface area contributed by atoms with E-state index in [9.17, 15) is 18.9 Å². The lowest BCUT2D eigenvalue weighted by atomic mass is 10.6. The third kappa shape index (κ3) is 18.2. The number of hydrogen-bond acceptors (Lipinski definition) is 10. The Labute approximate surface area is 185 Å². The Kier molecular flexibility index (Phi) is 18.6. The minimum atomic E-state index is -3.78. The van der Waals surface area contributed by atoms with Crippen LogP contribution in [-0.2, 0) is 41.9 Å². The number of rotatable bonds is 22. The van der Waals surface area contributed by atoms with E-state index in [4.69, 9.17) is 32.7 Å². The Balaban J connectivity index is 3.24. The summed E-state index contributed by atoms with van der Waals surface area (Å²) in [4.78, 5) is 20.9. The second kappa shape index (κ2) is 18.5. The highest BCUT2D eigenvalue weighted by Gasteiger charge is 2.23. The van der Waals surface area contributed by atoms with E-state index in [-0.39, 0.29) is 26.4 Å². The third-order valence-corrected chi connectivity index (χ3v) is 7.44. The molecular weight excluding hydrogens is 454 g/mol. The zero-order chi connectivity index (χ0) is 23.6. The molecule has 0 aliphatic heterocycles. The Hall–Kier alpha value is 0.1000. The van der Waals surface area contributed by atoms with Crippen molar-refractivity contribution in [3.8, 4) is 0 Å².